The van der Waals surface area contributed by atoms with Gasteiger partial charge < -0.3 is 14.8 Å². The lowest BCUT2D eigenvalue weighted by molar-refractivity contribution is 0.0680. The van der Waals surface area contributed by atoms with E-state index in [2.05, 4.69) is 5.32 Å². The summed E-state index contributed by atoms with van der Waals surface area (Å²) in [5, 5.41) is 3.61. The molecule has 1 fully saturated rings. The maximum atomic E-state index is 12.3. The van der Waals surface area contributed by atoms with Gasteiger partial charge in [-0.3, -0.25) is 4.79 Å². The molecule has 1 N–H and O–H groups in total. The van der Waals surface area contributed by atoms with Gasteiger partial charge in [-0.2, -0.15) is 0 Å². The number of carbonyl (C=O) groups excluding carboxylic acids is 1. The molecular weight excluding hydrogens is 349 g/mol. The van der Waals surface area contributed by atoms with Gasteiger partial charge in [0.25, 0.3) is 5.91 Å². The van der Waals surface area contributed by atoms with E-state index in [0.717, 1.165) is 19.4 Å². The van der Waals surface area contributed by atoms with E-state index in [1.54, 1.807) is 30.3 Å². The summed E-state index contributed by atoms with van der Waals surface area (Å²) in [4.78, 5) is 12.3. The molecule has 1 amide bonds. The molecule has 1 saturated heterocycles. The molecule has 0 saturated carbocycles. The Hall–Kier alpha value is -1.75. The van der Waals surface area contributed by atoms with Crippen LogP contribution in [0.2, 0.25) is 10.0 Å². The van der Waals surface area contributed by atoms with Crippen molar-refractivity contribution < 1.29 is 14.3 Å². The molecule has 0 aromatic heterocycles. The molecule has 1 aliphatic rings. The van der Waals surface area contributed by atoms with Crippen LogP contribution in [0.1, 0.15) is 23.2 Å². The number of hydrogen-bond donors (Lipinski definition) is 1. The molecular formula is C18H17Cl2NO3. The number of halogens is 2. The van der Waals surface area contributed by atoms with Crippen molar-refractivity contribution in [2.45, 2.75) is 18.9 Å². The average Bonchev–Trinajstić information content (AvgIpc) is 3.06. The minimum atomic E-state index is -0.298. The van der Waals surface area contributed by atoms with Crippen LogP contribution in [0.15, 0.2) is 42.5 Å². The minimum absolute atomic E-state index is 0.149. The molecule has 3 rings (SSSR count). The summed E-state index contributed by atoms with van der Waals surface area (Å²) in [5.74, 6) is 0.387. The predicted octanol–water partition coefficient (Wildman–Crippen LogP) is 4.80. The number of ether oxygens (including phenoxy) is 2. The Morgan fingerprint density at radius 1 is 1.25 bits per heavy atom. The van der Waals surface area contributed by atoms with Crippen LogP contribution >= 0.6 is 23.2 Å². The Kier molecular flexibility index (Phi) is 5.61. The third-order valence-corrected chi connectivity index (χ3v) is 4.28. The summed E-state index contributed by atoms with van der Waals surface area (Å²) in [5.41, 5.74) is 1.00. The number of hydrogen-bond acceptors (Lipinski definition) is 3. The second-order valence-electron chi connectivity index (χ2n) is 5.55. The first-order chi connectivity index (χ1) is 11.6. The van der Waals surface area contributed by atoms with Crippen LogP contribution in [0, 0.1) is 0 Å². The molecule has 6 heteroatoms. The standard InChI is InChI=1S/C18H17Cl2NO3/c19-12-6-7-16(17(20)9-12)18(22)21-13-3-1-4-14(10-13)24-11-15-5-2-8-23-15/h1,3-4,6-7,9-10,15H,2,5,8,11H2,(H,21,22). The molecule has 1 atom stereocenters. The van der Waals surface area contributed by atoms with E-state index in [0.29, 0.717) is 33.7 Å². The lowest BCUT2D eigenvalue weighted by atomic mass is 10.2. The number of amides is 1. The van der Waals surface area contributed by atoms with E-state index in [9.17, 15) is 4.79 Å². The van der Waals surface area contributed by atoms with Crippen LogP contribution in [0.3, 0.4) is 0 Å². The Labute approximate surface area is 150 Å². The molecule has 0 radical (unpaired) electrons. The second kappa shape index (κ2) is 7.88. The fraction of sp³-hybridized carbons (Fsp3) is 0.278. The van der Waals surface area contributed by atoms with Crippen LogP contribution in [-0.4, -0.2) is 25.2 Å². The van der Waals surface area contributed by atoms with Crippen LogP contribution in [0.5, 0.6) is 5.75 Å². The normalized spacial score (nSPS) is 16.8. The molecule has 0 spiro atoms. The molecule has 2 aromatic carbocycles. The van der Waals surface area contributed by atoms with Gasteiger partial charge in [-0.15, -0.1) is 0 Å². The highest BCUT2D eigenvalue weighted by Crippen LogP contribution is 2.24. The second-order valence-corrected chi connectivity index (χ2v) is 6.40. The summed E-state index contributed by atoms with van der Waals surface area (Å²) in [6.07, 6.45) is 2.24. The highest BCUT2D eigenvalue weighted by atomic mass is 35.5. The Bertz CT molecular complexity index is 730. The van der Waals surface area contributed by atoms with Crippen molar-refractivity contribution in [3.63, 3.8) is 0 Å². The van der Waals surface area contributed by atoms with Crippen molar-refractivity contribution in [2.24, 2.45) is 0 Å². The summed E-state index contributed by atoms with van der Waals surface area (Å²) in [7, 11) is 0. The van der Waals surface area contributed by atoms with Crippen molar-refractivity contribution in [3.05, 3.63) is 58.1 Å². The van der Waals surface area contributed by atoms with Gasteiger partial charge in [-0.25, -0.2) is 0 Å². The molecule has 24 heavy (non-hydrogen) atoms. The predicted molar refractivity (Wildman–Crippen MR) is 95.3 cm³/mol. The van der Waals surface area contributed by atoms with Gasteiger partial charge in [0.05, 0.1) is 16.7 Å². The monoisotopic (exact) mass is 365 g/mol. The molecule has 1 aliphatic heterocycles. The molecule has 2 aromatic rings. The smallest absolute Gasteiger partial charge is 0.257 e. The van der Waals surface area contributed by atoms with Crippen molar-refractivity contribution >= 4 is 34.8 Å². The van der Waals surface area contributed by atoms with E-state index < -0.39 is 0 Å². The van der Waals surface area contributed by atoms with Crippen LogP contribution < -0.4 is 10.1 Å². The van der Waals surface area contributed by atoms with Crippen LogP contribution in [-0.2, 0) is 4.74 Å². The molecule has 1 unspecified atom stereocenters. The van der Waals surface area contributed by atoms with Gasteiger partial charge in [0.2, 0.25) is 0 Å². The van der Waals surface area contributed by atoms with Gasteiger partial charge in [-0.1, -0.05) is 29.3 Å². The number of anilines is 1. The Morgan fingerprint density at radius 3 is 2.88 bits per heavy atom. The zero-order valence-corrected chi connectivity index (χ0v) is 14.4. The summed E-state index contributed by atoms with van der Waals surface area (Å²) >= 11 is 11.9. The summed E-state index contributed by atoms with van der Waals surface area (Å²) in [6, 6.07) is 12.0. The van der Waals surface area contributed by atoms with Gasteiger partial charge in [-0.05, 0) is 43.2 Å². The van der Waals surface area contributed by atoms with Crippen LogP contribution in [0.4, 0.5) is 5.69 Å². The molecule has 0 bridgehead atoms. The van der Waals surface area contributed by atoms with Gasteiger partial charge >= 0.3 is 0 Å². The maximum absolute atomic E-state index is 12.3. The Morgan fingerprint density at radius 2 is 2.12 bits per heavy atom. The number of benzene rings is 2. The van der Waals surface area contributed by atoms with E-state index in [4.69, 9.17) is 32.7 Å². The first-order valence-corrected chi connectivity index (χ1v) is 8.48. The van der Waals surface area contributed by atoms with Gasteiger partial charge in [0.15, 0.2) is 0 Å². The zero-order valence-electron chi connectivity index (χ0n) is 12.9. The van der Waals surface area contributed by atoms with Crippen LogP contribution in [0.25, 0.3) is 0 Å². The third kappa shape index (κ3) is 4.41. The molecule has 1 heterocycles. The summed E-state index contributed by atoms with van der Waals surface area (Å²) in [6.45, 7) is 1.31. The number of carbonyl (C=O) groups is 1. The topological polar surface area (TPSA) is 47.6 Å². The first-order valence-electron chi connectivity index (χ1n) is 7.73. The summed E-state index contributed by atoms with van der Waals surface area (Å²) < 4.78 is 11.3. The first kappa shape index (κ1) is 17.1. The highest BCUT2D eigenvalue weighted by Gasteiger charge is 2.16. The zero-order chi connectivity index (χ0) is 16.9. The number of rotatable bonds is 5. The molecule has 126 valence electrons. The lowest BCUT2D eigenvalue weighted by Gasteiger charge is -2.13. The van der Waals surface area contributed by atoms with E-state index >= 15 is 0 Å². The van der Waals surface area contributed by atoms with Crippen molar-refractivity contribution in [2.75, 3.05) is 18.5 Å². The highest BCUT2D eigenvalue weighted by molar-refractivity contribution is 6.37. The SMILES string of the molecule is O=C(Nc1cccc(OCC2CCCO2)c1)c1ccc(Cl)cc1Cl. The maximum Gasteiger partial charge on any atom is 0.257 e. The van der Waals surface area contributed by atoms with E-state index in [-0.39, 0.29) is 12.0 Å². The fourth-order valence-corrected chi connectivity index (χ4v) is 2.99. The van der Waals surface area contributed by atoms with Crippen molar-refractivity contribution in [3.8, 4) is 5.75 Å². The van der Waals surface area contributed by atoms with E-state index in [1.165, 1.54) is 0 Å². The Balaban J connectivity index is 1.64. The minimum Gasteiger partial charge on any atom is -0.491 e. The van der Waals surface area contributed by atoms with Gasteiger partial charge in [0, 0.05) is 23.4 Å². The molecule has 4 nitrogen and oxygen atoms in total. The lowest BCUT2D eigenvalue weighted by Crippen LogP contribution is -2.16. The quantitative estimate of drug-likeness (QED) is 0.827. The molecule has 0 aliphatic carbocycles. The van der Waals surface area contributed by atoms with Crippen molar-refractivity contribution in [1.82, 2.24) is 0 Å². The van der Waals surface area contributed by atoms with Gasteiger partial charge in [0.1, 0.15) is 12.4 Å². The fourth-order valence-electron chi connectivity index (χ4n) is 2.50. The van der Waals surface area contributed by atoms with Crippen molar-refractivity contribution in [1.29, 1.82) is 0 Å². The van der Waals surface area contributed by atoms with E-state index in [1.807, 2.05) is 12.1 Å². The largest absolute Gasteiger partial charge is 0.491 e. The third-order valence-electron chi connectivity index (χ3n) is 3.73. The average molecular weight is 366 g/mol. The number of nitrogens with one attached hydrogen (secondary N) is 1.